The quantitative estimate of drug-likeness (QED) is 0.367. The maximum atomic E-state index is 9.14. The van der Waals surface area contributed by atoms with Crippen molar-refractivity contribution >= 4 is 0 Å². The van der Waals surface area contributed by atoms with Gasteiger partial charge in [-0.15, -0.1) is 0 Å². The fraction of sp³-hybridized carbons (Fsp3) is 0.500. The normalized spacial score (nSPS) is 11.9. The van der Waals surface area contributed by atoms with Crippen LogP contribution >= 0.6 is 0 Å². The molecule has 0 bridgehead atoms. The van der Waals surface area contributed by atoms with Gasteiger partial charge in [0.15, 0.2) is 6.23 Å². The molecule has 1 atom stereocenters. The molecule has 3 heteroatoms. The summed E-state index contributed by atoms with van der Waals surface area (Å²) in [6, 6.07) is 0. The first-order valence-corrected chi connectivity index (χ1v) is 3.46. The van der Waals surface area contributed by atoms with Crippen LogP contribution in [-0.2, 0) is 0 Å². The summed E-state index contributed by atoms with van der Waals surface area (Å²) in [6.45, 7) is 10.5. The lowest BCUT2D eigenvalue weighted by atomic mass is 10.4. The average Bonchev–Trinajstić information content (AvgIpc) is 1.87. The molecule has 2 nitrogen and oxygen atoms in total. The number of aliphatic hydroxyl groups is 1. The smallest absolute Gasteiger partial charge is 0.186 e. The number of nitrogens with one attached hydrogen (secondary N) is 1. The van der Waals surface area contributed by atoms with E-state index >= 15 is 0 Å². The molecule has 0 aliphatic carbocycles. The molecule has 0 aromatic rings. The highest BCUT2D eigenvalue weighted by atomic mass is 79.9. The van der Waals surface area contributed by atoms with E-state index in [9.17, 15) is 0 Å². The van der Waals surface area contributed by atoms with Gasteiger partial charge in [-0.1, -0.05) is 13.2 Å². The Bertz CT molecular complexity index is 105. The number of halogens is 1. The largest absolute Gasteiger partial charge is 1.00 e. The van der Waals surface area contributed by atoms with Gasteiger partial charge < -0.3 is 27.0 Å². The Labute approximate surface area is 79.0 Å². The van der Waals surface area contributed by atoms with Gasteiger partial charge in [-0.25, -0.2) is 0 Å². The first kappa shape index (κ1) is 13.5. The van der Waals surface area contributed by atoms with Gasteiger partial charge in [0.25, 0.3) is 0 Å². The standard InChI is InChI=1S/C8H15NO.BrH/c1-4-6-9(7-5-2)8(3)10;/h4-5,8,10H,1-2,6-7H2,3H3;1H. The minimum absolute atomic E-state index is 0. The van der Waals surface area contributed by atoms with Crippen LogP contribution < -0.4 is 21.9 Å². The molecule has 1 unspecified atom stereocenters. The van der Waals surface area contributed by atoms with Crippen molar-refractivity contribution in [1.82, 2.24) is 0 Å². The van der Waals surface area contributed by atoms with Gasteiger partial charge in [0.2, 0.25) is 0 Å². The molecule has 66 valence electrons. The third-order valence-electron chi connectivity index (χ3n) is 1.40. The minimum atomic E-state index is -0.337. The van der Waals surface area contributed by atoms with Crippen LogP contribution in [0.2, 0.25) is 0 Å². The van der Waals surface area contributed by atoms with Gasteiger partial charge in [0.1, 0.15) is 0 Å². The number of aliphatic hydroxyl groups excluding tert-OH is 1. The highest BCUT2D eigenvalue weighted by Gasteiger charge is 2.08. The fourth-order valence-corrected chi connectivity index (χ4v) is 0.795. The summed E-state index contributed by atoms with van der Waals surface area (Å²) < 4.78 is 0. The zero-order valence-corrected chi connectivity index (χ0v) is 8.47. The van der Waals surface area contributed by atoms with E-state index in [1.54, 1.807) is 19.1 Å². The topological polar surface area (TPSA) is 24.7 Å². The molecule has 2 N–H and O–H groups in total. The zero-order valence-electron chi connectivity index (χ0n) is 6.89. The van der Waals surface area contributed by atoms with E-state index < -0.39 is 0 Å². The SMILES string of the molecule is C=CC[NH+](CC=C)C(C)O.[Br-]. The Balaban J connectivity index is 0. The van der Waals surface area contributed by atoms with Gasteiger partial charge in [-0.2, -0.15) is 0 Å². The van der Waals surface area contributed by atoms with E-state index in [-0.39, 0.29) is 23.2 Å². The molecule has 11 heavy (non-hydrogen) atoms. The van der Waals surface area contributed by atoms with Gasteiger partial charge in [0.05, 0.1) is 13.1 Å². The number of hydrogen-bond donors (Lipinski definition) is 2. The molecule has 0 fully saturated rings. The monoisotopic (exact) mass is 221 g/mol. The molecular weight excluding hydrogens is 206 g/mol. The van der Waals surface area contributed by atoms with Crippen LogP contribution in [0.3, 0.4) is 0 Å². The third-order valence-corrected chi connectivity index (χ3v) is 1.40. The summed E-state index contributed by atoms with van der Waals surface area (Å²) in [6.07, 6.45) is 3.26. The predicted octanol–water partition coefficient (Wildman–Crippen LogP) is -3.41. The van der Waals surface area contributed by atoms with Crippen molar-refractivity contribution < 1.29 is 27.0 Å². The minimum Gasteiger partial charge on any atom is -1.00 e. The van der Waals surface area contributed by atoms with Gasteiger partial charge in [-0.05, 0) is 12.2 Å². The summed E-state index contributed by atoms with van der Waals surface area (Å²) >= 11 is 0. The Kier molecular flexibility index (Phi) is 9.77. The molecule has 0 rings (SSSR count). The Morgan fingerprint density at radius 1 is 1.36 bits per heavy atom. The molecule has 0 saturated heterocycles. The Hall–Kier alpha value is -0.120. The van der Waals surface area contributed by atoms with Gasteiger partial charge in [-0.3, -0.25) is 0 Å². The van der Waals surface area contributed by atoms with Crippen LogP contribution in [0.5, 0.6) is 0 Å². The van der Waals surface area contributed by atoms with E-state index in [1.807, 2.05) is 0 Å². The maximum Gasteiger partial charge on any atom is 0.186 e. The van der Waals surface area contributed by atoms with Crippen LogP contribution in [0.4, 0.5) is 0 Å². The number of hydrogen-bond acceptors (Lipinski definition) is 1. The van der Waals surface area contributed by atoms with Crippen LogP contribution in [0.25, 0.3) is 0 Å². The first-order chi connectivity index (χ1) is 4.72. The van der Waals surface area contributed by atoms with Crippen molar-refractivity contribution in [3.8, 4) is 0 Å². The summed E-state index contributed by atoms with van der Waals surface area (Å²) in [5.74, 6) is 0. The molecular formula is C8H16BrNO. The van der Waals surface area contributed by atoms with Crippen molar-refractivity contribution in [2.45, 2.75) is 13.2 Å². The second-order valence-corrected chi connectivity index (χ2v) is 2.32. The van der Waals surface area contributed by atoms with Crippen molar-refractivity contribution in [1.29, 1.82) is 0 Å². The van der Waals surface area contributed by atoms with Crippen molar-refractivity contribution in [3.63, 3.8) is 0 Å². The van der Waals surface area contributed by atoms with Gasteiger partial charge in [0, 0.05) is 6.92 Å². The summed E-state index contributed by atoms with van der Waals surface area (Å²) in [5.41, 5.74) is 0. The second kappa shape index (κ2) is 7.98. The third kappa shape index (κ3) is 6.28. The molecule has 0 heterocycles. The molecule has 0 amide bonds. The lowest BCUT2D eigenvalue weighted by molar-refractivity contribution is -0.934. The Morgan fingerprint density at radius 3 is 1.91 bits per heavy atom. The van der Waals surface area contributed by atoms with Crippen LogP contribution in [0.1, 0.15) is 6.92 Å². The molecule has 0 radical (unpaired) electrons. The molecule has 0 aliphatic rings. The van der Waals surface area contributed by atoms with E-state index in [2.05, 4.69) is 13.2 Å². The molecule has 0 saturated carbocycles. The predicted molar refractivity (Wildman–Crippen MR) is 42.8 cm³/mol. The van der Waals surface area contributed by atoms with Crippen molar-refractivity contribution in [3.05, 3.63) is 25.3 Å². The Morgan fingerprint density at radius 2 is 1.73 bits per heavy atom. The number of rotatable bonds is 5. The molecule has 0 aromatic heterocycles. The summed E-state index contributed by atoms with van der Waals surface area (Å²) in [5, 5.41) is 9.14. The van der Waals surface area contributed by atoms with E-state index in [1.165, 1.54) is 0 Å². The molecule has 0 aliphatic heterocycles. The van der Waals surface area contributed by atoms with Crippen LogP contribution in [-0.4, -0.2) is 24.4 Å². The highest BCUT2D eigenvalue weighted by molar-refractivity contribution is 4.67. The lowest BCUT2D eigenvalue weighted by Gasteiger charge is -2.18. The fourth-order valence-electron chi connectivity index (χ4n) is 0.795. The summed E-state index contributed by atoms with van der Waals surface area (Å²) in [7, 11) is 0. The van der Waals surface area contributed by atoms with E-state index in [0.29, 0.717) is 0 Å². The average molecular weight is 222 g/mol. The maximum absolute atomic E-state index is 9.14. The van der Waals surface area contributed by atoms with Crippen molar-refractivity contribution in [2.24, 2.45) is 0 Å². The first-order valence-electron chi connectivity index (χ1n) is 3.46. The van der Waals surface area contributed by atoms with Gasteiger partial charge >= 0.3 is 0 Å². The molecule has 0 spiro atoms. The lowest BCUT2D eigenvalue weighted by Crippen LogP contribution is -3.15. The van der Waals surface area contributed by atoms with Crippen LogP contribution in [0, 0.1) is 0 Å². The summed E-state index contributed by atoms with van der Waals surface area (Å²) in [4.78, 5) is 1.07. The van der Waals surface area contributed by atoms with E-state index in [0.717, 1.165) is 18.0 Å². The zero-order chi connectivity index (χ0) is 7.98. The van der Waals surface area contributed by atoms with E-state index in [4.69, 9.17) is 5.11 Å². The number of quaternary nitrogens is 1. The second-order valence-electron chi connectivity index (χ2n) is 2.32. The van der Waals surface area contributed by atoms with Crippen LogP contribution in [0.15, 0.2) is 25.3 Å². The molecule has 0 aromatic carbocycles. The highest BCUT2D eigenvalue weighted by Crippen LogP contribution is 1.64. The van der Waals surface area contributed by atoms with Crippen molar-refractivity contribution in [2.75, 3.05) is 13.1 Å².